The van der Waals surface area contributed by atoms with Crippen LogP contribution in [-0.4, -0.2) is 55.5 Å². The summed E-state index contributed by atoms with van der Waals surface area (Å²) in [6.45, 7) is 10.8. The molecule has 1 aliphatic heterocycles. The Bertz CT molecular complexity index is 495. The molecule has 1 saturated heterocycles. The first-order valence-electron chi connectivity index (χ1n) is 9.46. The summed E-state index contributed by atoms with van der Waals surface area (Å²) in [5.41, 5.74) is 2.63. The van der Waals surface area contributed by atoms with Gasteiger partial charge in [-0.2, -0.15) is 0 Å². The zero-order valence-electron chi connectivity index (χ0n) is 16.1. The van der Waals surface area contributed by atoms with Crippen molar-refractivity contribution in [3.8, 4) is 0 Å². The highest BCUT2D eigenvalue weighted by Gasteiger charge is 2.10. The molecule has 1 N–H and O–H groups in total. The van der Waals surface area contributed by atoms with Gasteiger partial charge in [-0.05, 0) is 64.7 Å². The Labute approximate surface area is 171 Å². The molecule has 142 valence electrons. The number of guanidine groups is 1. The van der Waals surface area contributed by atoms with Crippen LogP contribution in [0.2, 0.25) is 0 Å². The highest BCUT2D eigenvalue weighted by Crippen LogP contribution is 2.09. The molecule has 0 amide bonds. The number of halogens is 1. The third-order valence-corrected chi connectivity index (χ3v) is 4.58. The number of hydrogen-bond donors (Lipinski definition) is 1. The van der Waals surface area contributed by atoms with Crippen LogP contribution < -0.4 is 5.32 Å². The molecule has 0 spiro atoms. The van der Waals surface area contributed by atoms with Gasteiger partial charge >= 0.3 is 0 Å². The molecule has 0 unspecified atom stereocenters. The van der Waals surface area contributed by atoms with Crippen LogP contribution in [0.3, 0.4) is 0 Å². The number of nitrogens with zero attached hydrogens (tertiary/aromatic N) is 3. The van der Waals surface area contributed by atoms with Gasteiger partial charge in [0.25, 0.3) is 0 Å². The summed E-state index contributed by atoms with van der Waals surface area (Å²) in [6.07, 6.45) is 5.19. The molecule has 1 heterocycles. The minimum Gasteiger partial charge on any atom is -0.357 e. The molecular formula is C20H35IN4. The zero-order chi connectivity index (χ0) is 17.2. The summed E-state index contributed by atoms with van der Waals surface area (Å²) in [5.74, 6) is 1.01. The van der Waals surface area contributed by atoms with Crippen LogP contribution in [0.25, 0.3) is 0 Å². The predicted octanol–water partition coefficient (Wildman–Crippen LogP) is 3.89. The lowest BCUT2D eigenvalue weighted by atomic mass is 10.1. The van der Waals surface area contributed by atoms with E-state index < -0.39 is 0 Å². The van der Waals surface area contributed by atoms with E-state index in [4.69, 9.17) is 4.99 Å². The largest absolute Gasteiger partial charge is 0.357 e. The van der Waals surface area contributed by atoms with E-state index in [2.05, 4.69) is 60.3 Å². The van der Waals surface area contributed by atoms with Gasteiger partial charge in [-0.1, -0.05) is 29.8 Å². The third kappa shape index (κ3) is 8.40. The molecule has 0 aromatic heterocycles. The second-order valence-corrected chi connectivity index (χ2v) is 6.83. The van der Waals surface area contributed by atoms with Crippen molar-refractivity contribution in [2.75, 3.05) is 39.8 Å². The fourth-order valence-corrected chi connectivity index (χ4v) is 3.15. The monoisotopic (exact) mass is 458 g/mol. The maximum atomic E-state index is 4.80. The molecule has 0 saturated carbocycles. The molecular weight excluding hydrogens is 423 g/mol. The summed E-state index contributed by atoms with van der Waals surface area (Å²) < 4.78 is 0. The molecule has 0 bridgehead atoms. The molecule has 0 radical (unpaired) electrons. The van der Waals surface area contributed by atoms with Crippen LogP contribution >= 0.6 is 24.0 Å². The summed E-state index contributed by atoms with van der Waals surface area (Å²) in [7, 11) is 2.12. The van der Waals surface area contributed by atoms with Crippen LogP contribution in [-0.2, 0) is 6.54 Å². The van der Waals surface area contributed by atoms with Crippen LogP contribution in [0.4, 0.5) is 0 Å². The smallest absolute Gasteiger partial charge is 0.193 e. The van der Waals surface area contributed by atoms with Gasteiger partial charge in [0.2, 0.25) is 0 Å². The maximum Gasteiger partial charge on any atom is 0.193 e. The van der Waals surface area contributed by atoms with Crippen LogP contribution in [0.1, 0.15) is 43.7 Å². The normalized spacial score (nSPS) is 15.1. The minimum atomic E-state index is 0. The van der Waals surface area contributed by atoms with Crippen LogP contribution in [0.5, 0.6) is 0 Å². The first-order valence-corrected chi connectivity index (χ1v) is 9.46. The van der Waals surface area contributed by atoms with Gasteiger partial charge in [-0.25, -0.2) is 0 Å². The third-order valence-electron chi connectivity index (χ3n) is 4.58. The SMILES string of the molecule is CCNC(=NCCCCN1CCCC1)N(C)Cc1ccc(C)cc1.I. The summed E-state index contributed by atoms with van der Waals surface area (Å²) >= 11 is 0. The molecule has 25 heavy (non-hydrogen) atoms. The van der Waals surface area contributed by atoms with Crippen molar-refractivity contribution in [2.24, 2.45) is 4.99 Å². The van der Waals surface area contributed by atoms with Crippen LogP contribution in [0.15, 0.2) is 29.3 Å². The van der Waals surface area contributed by atoms with Gasteiger partial charge < -0.3 is 15.1 Å². The molecule has 1 fully saturated rings. The van der Waals surface area contributed by atoms with Crippen molar-refractivity contribution < 1.29 is 0 Å². The van der Waals surface area contributed by atoms with Crippen molar-refractivity contribution in [2.45, 2.75) is 46.1 Å². The summed E-state index contributed by atoms with van der Waals surface area (Å²) in [4.78, 5) is 9.60. The van der Waals surface area contributed by atoms with E-state index >= 15 is 0 Å². The second kappa shape index (κ2) is 12.5. The molecule has 0 atom stereocenters. The number of hydrogen-bond acceptors (Lipinski definition) is 2. The van der Waals surface area contributed by atoms with E-state index in [1.54, 1.807) is 0 Å². The van der Waals surface area contributed by atoms with Gasteiger partial charge in [0.05, 0.1) is 0 Å². The minimum absolute atomic E-state index is 0. The quantitative estimate of drug-likeness (QED) is 0.278. The van der Waals surface area contributed by atoms with E-state index in [0.717, 1.165) is 25.6 Å². The number of benzene rings is 1. The lowest BCUT2D eigenvalue weighted by Crippen LogP contribution is -2.38. The number of nitrogens with one attached hydrogen (secondary N) is 1. The highest BCUT2D eigenvalue weighted by molar-refractivity contribution is 14.0. The van der Waals surface area contributed by atoms with E-state index in [1.165, 1.54) is 56.4 Å². The second-order valence-electron chi connectivity index (χ2n) is 6.83. The lowest BCUT2D eigenvalue weighted by Gasteiger charge is -2.22. The van der Waals surface area contributed by atoms with Gasteiger partial charge in [0.15, 0.2) is 5.96 Å². The van der Waals surface area contributed by atoms with Crippen molar-refractivity contribution in [3.05, 3.63) is 35.4 Å². The molecule has 0 aliphatic carbocycles. The van der Waals surface area contributed by atoms with Gasteiger partial charge in [0, 0.05) is 26.7 Å². The first kappa shape index (κ1) is 22.2. The summed E-state index contributed by atoms with van der Waals surface area (Å²) in [6, 6.07) is 8.74. The molecule has 1 aromatic carbocycles. The fraction of sp³-hybridized carbons (Fsp3) is 0.650. The average molecular weight is 458 g/mol. The van der Waals surface area contributed by atoms with Crippen molar-refractivity contribution >= 4 is 29.9 Å². The Balaban J connectivity index is 0.00000312. The molecule has 4 nitrogen and oxygen atoms in total. The number of aliphatic imine (C=N–C) groups is 1. The van der Waals surface area contributed by atoms with Crippen molar-refractivity contribution in [1.82, 2.24) is 15.1 Å². The Morgan fingerprint density at radius 3 is 2.48 bits per heavy atom. The highest BCUT2D eigenvalue weighted by atomic mass is 127. The maximum absolute atomic E-state index is 4.80. The predicted molar refractivity (Wildman–Crippen MR) is 119 cm³/mol. The van der Waals surface area contributed by atoms with E-state index in [-0.39, 0.29) is 24.0 Å². The van der Waals surface area contributed by atoms with E-state index in [1.807, 2.05) is 0 Å². The first-order chi connectivity index (χ1) is 11.7. The molecule has 1 aliphatic rings. The number of aryl methyl sites for hydroxylation is 1. The molecule has 2 rings (SSSR count). The Kier molecular flexibility index (Phi) is 11.1. The van der Waals surface area contributed by atoms with E-state index in [9.17, 15) is 0 Å². The summed E-state index contributed by atoms with van der Waals surface area (Å²) in [5, 5.41) is 3.41. The Morgan fingerprint density at radius 1 is 1.16 bits per heavy atom. The topological polar surface area (TPSA) is 30.9 Å². The standard InChI is InChI=1S/C20H34N4.HI/c1-4-21-20(22-13-5-6-14-24-15-7-8-16-24)23(3)17-19-11-9-18(2)10-12-19;/h9-12H,4-8,13-17H2,1-3H3,(H,21,22);1H. The fourth-order valence-electron chi connectivity index (χ4n) is 3.15. The van der Waals surface area contributed by atoms with Gasteiger partial charge in [-0.15, -0.1) is 24.0 Å². The number of rotatable bonds is 8. The number of unbranched alkanes of at least 4 members (excludes halogenated alkanes) is 1. The number of likely N-dealkylation sites (tertiary alicyclic amines) is 1. The van der Waals surface area contributed by atoms with Crippen molar-refractivity contribution in [3.63, 3.8) is 0 Å². The van der Waals surface area contributed by atoms with Gasteiger partial charge in [0.1, 0.15) is 0 Å². The van der Waals surface area contributed by atoms with Crippen molar-refractivity contribution in [1.29, 1.82) is 0 Å². The lowest BCUT2D eigenvalue weighted by molar-refractivity contribution is 0.331. The Hall–Kier alpha value is -0.820. The molecule has 5 heteroatoms. The zero-order valence-corrected chi connectivity index (χ0v) is 18.5. The van der Waals surface area contributed by atoms with E-state index in [0.29, 0.717) is 0 Å². The van der Waals surface area contributed by atoms with Crippen LogP contribution in [0, 0.1) is 6.92 Å². The average Bonchev–Trinajstić information content (AvgIpc) is 3.09. The Morgan fingerprint density at radius 2 is 1.84 bits per heavy atom. The molecule has 1 aromatic rings. The van der Waals surface area contributed by atoms with Gasteiger partial charge in [-0.3, -0.25) is 4.99 Å².